The molecule has 1 atom stereocenters. The van der Waals surface area contributed by atoms with Crippen LogP contribution < -0.4 is 4.90 Å². The van der Waals surface area contributed by atoms with Crippen LogP contribution in [0.25, 0.3) is 0 Å². The smallest absolute Gasteiger partial charge is 0.234 e. The molecule has 2 aromatic rings. The van der Waals surface area contributed by atoms with E-state index in [9.17, 15) is 4.79 Å². The van der Waals surface area contributed by atoms with Gasteiger partial charge >= 0.3 is 0 Å². The summed E-state index contributed by atoms with van der Waals surface area (Å²) in [4.78, 5) is 21.7. The van der Waals surface area contributed by atoms with E-state index in [2.05, 4.69) is 21.0 Å². The highest BCUT2D eigenvalue weighted by Crippen LogP contribution is 2.42. The number of piperidine rings is 1. The van der Waals surface area contributed by atoms with Gasteiger partial charge in [-0.05, 0) is 37.4 Å². The molecule has 2 aliphatic rings. The van der Waals surface area contributed by atoms with E-state index in [0.29, 0.717) is 0 Å². The van der Waals surface area contributed by atoms with Crippen LogP contribution in [-0.4, -0.2) is 45.2 Å². The minimum Gasteiger partial charge on any atom is -0.309 e. The molecule has 0 bridgehead atoms. The first-order valence-corrected chi connectivity index (χ1v) is 8.58. The van der Waals surface area contributed by atoms with Crippen molar-refractivity contribution < 1.29 is 4.79 Å². The molecule has 4 rings (SSSR count). The van der Waals surface area contributed by atoms with E-state index in [4.69, 9.17) is 0 Å². The zero-order valence-electron chi connectivity index (χ0n) is 14.1. The maximum Gasteiger partial charge on any atom is 0.234 e. The lowest BCUT2D eigenvalue weighted by Crippen LogP contribution is -2.47. The zero-order valence-corrected chi connectivity index (χ0v) is 14.1. The van der Waals surface area contributed by atoms with Gasteiger partial charge in [-0.15, -0.1) is 0 Å². The van der Waals surface area contributed by atoms with E-state index >= 15 is 0 Å². The van der Waals surface area contributed by atoms with E-state index in [1.54, 1.807) is 17.1 Å². The lowest BCUT2D eigenvalue weighted by atomic mass is 9.78. The van der Waals surface area contributed by atoms with Crippen LogP contribution in [-0.2, 0) is 18.4 Å². The van der Waals surface area contributed by atoms with Crippen molar-refractivity contribution in [1.82, 2.24) is 19.7 Å². The Hall–Kier alpha value is -2.21. The molecule has 0 aliphatic carbocycles. The van der Waals surface area contributed by atoms with Crippen LogP contribution in [0.3, 0.4) is 0 Å². The Balaban J connectivity index is 1.49. The summed E-state index contributed by atoms with van der Waals surface area (Å²) < 4.78 is 1.75. The molecule has 2 saturated heterocycles. The van der Waals surface area contributed by atoms with Gasteiger partial charge in [-0.2, -0.15) is 5.10 Å². The fourth-order valence-corrected chi connectivity index (χ4v) is 4.11. The lowest BCUT2D eigenvalue weighted by molar-refractivity contribution is -0.128. The van der Waals surface area contributed by atoms with Crippen molar-refractivity contribution in [3.05, 3.63) is 42.5 Å². The number of carbonyl (C=O) groups is 1. The van der Waals surface area contributed by atoms with Crippen molar-refractivity contribution in [1.29, 1.82) is 0 Å². The molecule has 2 aliphatic heterocycles. The molecule has 0 N–H and O–H groups in total. The first kappa shape index (κ1) is 15.3. The third kappa shape index (κ3) is 2.71. The van der Waals surface area contributed by atoms with Crippen LogP contribution >= 0.6 is 0 Å². The molecule has 1 spiro atoms. The highest BCUT2D eigenvalue weighted by Gasteiger charge is 2.49. The number of aromatic nitrogens is 3. The normalized spacial score (nSPS) is 24.9. The first-order valence-electron chi connectivity index (χ1n) is 8.58. The Morgan fingerprint density at radius 1 is 1.25 bits per heavy atom. The summed E-state index contributed by atoms with van der Waals surface area (Å²) >= 11 is 0. The van der Waals surface area contributed by atoms with E-state index in [-0.39, 0.29) is 11.3 Å². The van der Waals surface area contributed by atoms with Crippen LogP contribution in [0.4, 0.5) is 5.69 Å². The second kappa shape index (κ2) is 6.02. The number of aryl methyl sites for hydroxylation is 1. The van der Waals surface area contributed by atoms with Crippen LogP contribution in [0.15, 0.2) is 36.9 Å². The van der Waals surface area contributed by atoms with Gasteiger partial charge in [-0.25, -0.2) is 0 Å². The molecule has 1 unspecified atom stereocenters. The number of nitrogens with zero attached hydrogens (tertiary/aromatic N) is 5. The Kier molecular flexibility index (Phi) is 3.84. The molecule has 2 fully saturated rings. The average Bonchev–Trinajstić information content (AvgIpc) is 3.14. The SMILES string of the molecule is Cn1cc(N2CCC3(CCCN(Cc4cccnc4)C3)C2=O)cn1. The number of hydrogen-bond acceptors (Lipinski definition) is 4. The van der Waals surface area contributed by atoms with Gasteiger partial charge < -0.3 is 4.90 Å². The van der Waals surface area contributed by atoms with Gasteiger partial charge in [-0.1, -0.05) is 6.07 Å². The molecule has 0 aromatic carbocycles. The second-order valence-electron chi connectivity index (χ2n) is 7.03. The van der Waals surface area contributed by atoms with Crippen molar-refractivity contribution >= 4 is 11.6 Å². The number of amides is 1. The van der Waals surface area contributed by atoms with Crippen molar-refractivity contribution in [2.24, 2.45) is 12.5 Å². The molecule has 0 radical (unpaired) electrons. The Bertz CT molecular complexity index is 728. The van der Waals surface area contributed by atoms with Gasteiger partial charge in [0.25, 0.3) is 0 Å². The largest absolute Gasteiger partial charge is 0.309 e. The van der Waals surface area contributed by atoms with Crippen LogP contribution in [0, 0.1) is 5.41 Å². The summed E-state index contributed by atoms with van der Waals surface area (Å²) in [6, 6.07) is 4.08. The van der Waals surface area contributed by atoms with Crippen LogP contribution in [0.1, 0.15) is 24.8 Å². The van der Waals surface area contributed by atoms with Gasteiger partial charge in [0.2, 0.25) is 5.91 Å². The third-order valence-corrected chi connectivity index (χ3v) is 5.30. The quantitative estimate of drug-likeness (QED) is 0.864. The van der Waals surface area contributed by atoms with Gasteiger partial charge in [0.15, 0.2) is 0 Å². The van der Waals surface area contributed by atoms with Gasteiger partial charge in [0, 0.05) is 45.3 Å². The fourth-order valence-electron chi connectivity index (χ4n) is 4.11. The lowest BCUT2D eigenvalue weighted by Gasteiger charge is -2.39. The number of rotatable bonds is 3. The van der Waals surface area contributed by atoms with Gasteiger partial charge in [0.1, 0.15) is 0 Å². The molecule has 4 heterocycles. The molecular formula is C18H23N5O. The summed E-state index contributed by atoms with van der Waals surface area (Å²) in [6.45, 7) is 3.56. The van der Waals surface area contributed by atoms with Crippen molar-refractivity contribution in [2.45, 2.75) is 25.8 Å². The molecular weight excluding hydrogens is 302 g/mol. The average molecular weight is 325 g/mol. The summed E-state index contributed by atoms with van der Waals surface area (Å²) in [5.41, 5.74) is 1.91. The summed E-state index contributed by atoms with van der Waals surface area (Å²) in [6.07, 6.45) is 10.4. The number of pyridine rings is 1. The molecule has 24 heavy (non-hydrogen) atoms. The number of likely N-dealkylation sites (tertiary alicyclic amines) is 1. The van der Waals surface area contributed by atoms with Crippen molar-refractivity contribution in [3.8, 4) is 0 Å². The molecule has 6 nitrogen and oxygen atoms in total. The Morgan fingerprint density at radius 3 is 2.92 bits per heavy atom. The molecule has 6 heteroatoms. The number of anilines is 1. The molecule has 1 amide bonds. The second-order valence-corrected chi connectivity index (χ2v) is 7.03. The third-order valence-electron chi connectivity index (χ3n) is 5.30. The standard InChI is InChI=1S/C18H23N5O/c1-21-13-16(11-20-21)23-9-6-18(17(23)24)5-3-8-22(14-18)12-15-4-2-7-19-10-15/h2,4,7,10-11,13H,3,5-6,8-9,12,14H2,1H3. The summed E-state index contributed by atoms with van der Waals surface area (Å²) in [5.74, 6) is 0.270. The van der Waals surface area contributed by atoms with E-state index in [0.717, 1.165) is 51.1 Å². The summed E-state index contributed by atoms with van der Waals surface area (Å²) in [7, 11) is 1.88. The van der Waals surface area contributed by atoms with Crippen molar-refractivity contribution in [2.75, 3.05) is 24.5 Å². The minimum atomic E-state index is -0.226. The van der Waals surface area contributed by atoms with E-state index in [1.807, 2.05) is 30.4 Å². The highest BCUT2D eigenvalue weighted by atomic mass is 16.2. The fraction of sp³-hybridized carbons (Fsp3) is 0.500. The first-order chi connectivity index (χ1) is 11.7. The Morgan fingerprint density at radius 2 is 2.17 bits per heavy atom. The number of carbonyl (C=O) groups excluding carboxylic acids is 1. The van der Waals surface area contributed by atoms with E-state index in [1.165, 1.54) is 5.56 Å². The Labute approximate surface area is 142 Å². The zero-order chi connectivity index (χ0) is 16.6. The minimum absolute atomic E-state index is 0.226. The van der Waals surface area contributed by atoms with Crippen molar-refractivity contribution in [3.63, 3.8) is 0 Å². The van der Waals surface area contributed by atoms with Crippen LogP contribution in [0.5, 0.6) is 0 Å². The predicted molar refractivity (Wildman–Crippen MR) is 91.4 cm³/mol. The van der Waals surface area contributed by atoms with Gasteiger partial charge in [0.05, 0.1) is 17.3 Å². The molecule has 126 valence electrons. The van der Waals surface area contributed by atoms with Crippen LogP contribution in [0.2, 0.25) is 0 Å². The maximum atomic E-state index is 13.1. The number of hydrogen-bond donors (Lipinski definition) is 0. The monoisotopic (exact) mass is 325 g/mol. The maximum absolute atomic E-state index is 13.1. The summed E-state index contributed by atoms with van der Waals surface area (Å²) in [5, 5.41) is 4.21. The van der Waals surface area contributed by atoms with E-state index < -0.39 is 0 Å². The predicted octanol–water partition coefficient (Wildman–Crippen LogP) is 1.83. The molecule has 0 saturated carbocycles. The molecule has 2 aromatic heterocycles. The highest BCUT2D eigenvalue weighted by molar-refractivity contribution is 6.00. The van der Waals surface area contributed by atoms with Gasteiger partial charge in [-0.3, -0.25) is 19.4 Å². The topological polar surface area (TPSA) is 54.3 Å².